The Morgan fingerprint density at radius 3 is 2.50 bits per heavy atom. The lowest BCUT2D eigenvalue weighted by Crippen LogP contribution is -2.45. The Morgan fingerprint density at radius 1 is 1.35 bits per heavy atom. The molecule has 0 saturated carbocycles. The summed E-state index contributed by atoms with van der Waals surface area (Å²) in [4.78, 5) is 30.2. The van der Waals surface area contributed by atoms with E-state index in [0.717, 1.165) is 12.8 Å². The van der Waals surface area contributed by atoms with Crippen molar-refractivity contribution < 1.29 is 9.59 Å². The van der Waals surface area contributed by atoms with Gasteiger partial charge in [0.2, 0.25) is 11.8 Å². The number of carbonyl (C=O) groups is 2. The van der Waals surface area contributed by atoms with Crippen molar-refractivity contribution in [2.75, 3.05) is 18.4 Å². The van der Waals surface area contributed by atoms with Gasteiger partial charge in [0.15, 0.2) is 5.13 Å². The van der Waals surface area contributed by atoms with Crippen molar-refractivity contribution in [3.63, 3.8) is 0 Å². The maximum Gasteiger partial charge on any atom is 0.229 e. The molecule has 1 aliphatic heterocycles. The third-order valence-corrected chi connectivity index (χ3v) is 4.15. The molecule has 20 heavy (non-hydrogen) atoms. The topological polar surface area (TPSA) is 62.3 Å². The minimum Gasteiger partial charge on any atom is -0.342 e. The van der Waals surface area contributed by atoms with Gasteiger partial charge >= 0.3 is 0 Å². The van der Waals surface area contributed by atoms with Gasteiger partial charge in [0.05, 0.1) is 0 Å². The minimum absolute atomic E-state index is 0.0165. The molecule has 5 nitrogen and oxygen atoms in total. The minimum atomic E-state index is -0.351. The molecule has 2 amide bonds. The van der Waals surface area contributed by atoms with Crippen LogP contribution in [0.15, 0.2) is 11.6 Å². The fraction of sp³-hybridized carbons (Fsp3) is 0.643. The smallest absolute Gasteiger partial charge is 0.229 e. The Kier molecular flexibility index (Phi) is 4.42. The van der Waals surface area contributed by atoms with E-state index in [1.54, 1.807) is 6.20 Å². The van der Waals surface area contributed by atoms with E-state index in [9.17, 15) is 9.59 Å². The molecule has 1 fully saturated rings. The van der Waals surface area contributed by atoms with Crippen molar-refractivity contribution in [2.24, 2.45) is 11.3 Å². The summed E-state index contributed by atoms with van der Waals surface area (Å²) < 4.78 is 0. The number of aromatic nitrogens is 1. The average molecular weight is 295 g/mol. The van der Waals surface area contributed by atoms with Gasteiger partial charge in [-0.25, -0.2) is 4.98 Å². The van der Waals surface area contributed by atoms with Crippen LogP contribution in [0.1, 0.15) is 33.6 Å². The van der Waals surface area contributed by atoms with Crippen LogP contribution in [0, 0.1) is 11.3 Å². The molecule has 0 aliphatic carbocycles. The quantitative estimate of drug-likeness (QED) is 0.911. The highest BCUT2D eigenvalue weighted by Crippen LogP contribution is 2.24. The second kappa shape index (κ2) is 5.91. The highest BCUT2D eigenvalue weighted by molar-refractivity contribution is 7.13. The van der Waals surface area contributed by atoms with E-state index in [1.807, 2.05) is 31.1 Å². The largest absolute Gasteiger partial charge is 0.342 e. The summed E-state index contributed by atoms with van der Waals surface area (Å²) >= 11 is 1.42. The molecule has 1 saturated heterocycles. The van der Waals surface area contributed by atoms with Crippen LogP contribution in [0.4, 0.5) is 5.13 Å². The van der Waals surface area contributed by atoms with Gasteiger partial charge in [-0.05, 0) is 12.8 Å². The molecule has 6 heteroatoms. The fourth-order valence-corrected chi connectivity index (χ4v) is 2.84. The maximum atomic E-state index is 12.2. The Labute approximate surface area is 123 Å². The fourth-order valence-electron chi connectivity index (χ4n) is 2.31. The summed E-state index contributed by atoms with van der Waals surface area (Å²) in [7, 11) is 0. The van der Waals surface area contributed by atoms with Crippen molar-refractivity contribution in [1.29, 1.82) is 0 Å². The van der Waals surface area contributed by atoms with Crippen LogP contribution in [0.5, 0.6) is 0 Å². The zero-order chi connectivity index (χ0) is 14.8. The van der Waals surface area contributed by atoms with E-state index >= 15 is 0 Å². The summed E-state index contributed by atoms with van der Waals surface area (Å²) in [6.07, 6.45) is 3.11. The van der Waals surface area contributed by atoms with Crippen LogP contribution in [0.3, 0.4) is 0 Å². The molecule has 1 aromatic heterocycles. The summed E-state index contributed by atoms with van der Waals surface area (Å²) in [5.74, 6) is 0.155. The molecule has 1 aliphatic rings. The highest BCUT2D eigenvalue weighted by atomic mass is 32.1. The number of hydrogen-bond acceptors (Lipinski definition) is 4. The van der Waals surface area contributed by atoms with Crippen LogP contribution in [-0.4, -0.2) is 34.8 Å². The first-order chi connectivity index (χ1) is 9.38. The first kappa shape index (κ1) is 15.0. The van der Waals surface area contributed by atoms with E-state index in [1.165, 1.54) is 11.3 Å². The van der Waals surface area contributed by atoms with Crippen molar-refractivity contribution in [3.05, 3.63) is 11.6 Å². The first-order valence-corrected chi connectivity index (χ1v) is 7.75. The standard InChI is InChI=1S/C14H21N3O2S/c1-14(2,3)12(19)17-7-4-10(5-8-17)11(18)16-13-15-6-9-20-13/h6,9-10H,4-5,7-8H2,1-3H3,(H,15,16,18). The van der Waals surface area contributed by atoms with Crippen molar-refractivity contribution in [3.8, 4) is 0 Å². The van der Waals surface area contributed by atoms with Gasteiger partial charge in [-0.2, -0.15) is 0 Å². The van der Waals surface area contributed by atoms with E-state index in [2.05, 4.69) is 10.3 Å². The number of likely N-dealkylation sites (tertiary alicyclic amines) is 1. The zero-order valence-corrected chi connectivity index (χ0v) is 13.0. The van der Waals surface area contributed by atoms with Gasteiger partial charge < -0.3 is 10.2 Å². The van der Waals surface area contributed by atoms with Gasteiger partial charge in [-0.15, -0.1) is 11.3 Å². The molecule has 1 aromatic rings. The summed E-state index contributed by atoms with van der Waals surface area (Å²) in [6.45, 7) is 7.10. The monoisotopic (exact) mass is 295 g/mol. The van der Waals surface area contributed by atoms with Crippen molar-refractivity contribution in [1.82, 2.24) is 9.88 Å². The van der Waals surface area contributed by atoms with E-state index in [4.69, 9.17) is 0 Å². The van der Waals surface area contributed by atoms with Crippen LogP contribution in [-0.2, 0) is 9.59 Å². The van der Waals surface area contributed by atoms with E-state index in [-0.39, 0.29) is 23.1 Å². The van der Waals surface area contributed by atoms with Crippen LogP contribution >= 0.6 is 11.3 Å². The third kappa shape index (κ3) is 3.56. The van der Waals surface area contributed by atoms with Crippen LogP contribution in [0.25, 0.3) is 0 Å². The number of piperidine rings is 1. The first-order valence-electron chi connectivity index (χ1n) is 6.87. The molecule has 0 radical (unpaired) electrons. The summed E-state index contributed by atoms with van der Waals surface area (Å²) in [5.41, 5.74) is -0.351. The lowest BCUT2D eigenvalue weighted by atomic mass is 9.91. The zero-order valence-electron chi connectivity index (χ0n) is 12.2. The lowest BCUT2D eigenvalue weighted by Gasteiger charge is -2.35. The SMILES string of the molecule is CC(C)(C)C(=O)N1CCC(C(=O)Nc2nccs2)CC1. The molecular formula is C14H21N3O2S. The molecule has 0 spiro atoms. The van der Waals surface area contributed by atoms with Crippen LogP contribution in [0.2, 0.25) is 0 Å². The molecule has 1 N–H and O–H groups in total. The molecule has 0 aromatic carbocycles. The van der Waals surface area contributed by atoms with Gasteiger partial charge in [-0.1, -0.05) is 20.8 Å². The number of amides is 2. The van der Waals surface area contributed by atoms with Gasteiger partial charge in [0.25, 0.3) is 0 Å². The number of thiazole rings is 1. The number of carbonyl (C=O) groups excluding carboxylic acids is 2. The van der Waals surface area contributed by atoms with Gasteiger partial charge in [0, 0.05) is 36.0 Å². The van der Waals surface area contributed by atoms with E-state index in [0.29, 0.717) is 18.2 Å². The molecule has 0 unspecified atom stereocenters. The molecule has 110 valence electrons. The molecule has 2 rings (SSSR count). The Balaban J connectivity index is 1.85. The molecular weight excluding hydrogens is 274 g/mol. The number of hydrogen-bond donors (Lipinski definition) is 1. The molecule has 0 bridgehead atoms. The average Bonchev–Trinajstić information content (AvgIpc) is 2.90. The predicted octanol–water partition coefficient (Wildman–Crippen LogP) is 2.37. The maximum absolute atomic E-state index is 12.2. The van der Waals surface area contributed by atoms with E-state index < -0.39 is 0 Å². The predicted molar refractivity (Wildman–Crippen MR) is 79.5 cm³/mol. The summed E-state index contributed by atoms with van der Waals surface area (Å²) in [5, 5.41) is 5.31. The summed E-state index contributed by atoms with van der Waals surface area (Å²) in [6, 6.07) is 0. The van der Waals surface area contributed by atoms with Crippen molar-refractivity contribution >= 4 is 28.3 Å². The number of rotatable bonds is 2. The number of anilines is 1. The van der Waals surface area contributed by atoms with Gasteiger partial charge in [-0.3, -0.25) is 9.59 Å². The van der Waals surface area contributed by atoms with Crippen molar-refractivity contribution in [2.45, 2.75) is 33.6 Å². The Bertz CT molecular complexity index is 471. The highest BCUT2D eigenvalue weighted by Gasteiger charge is 2.32. The van der Waals surface area contributed by atoms with Gasteiger partial charge in [0.1, 0.15) is 0 Å². The number of nitrogens with one attached hydrogen (secondary N) is 1. The third-order valence-electron chi connectivity index (χ3n) is 3.46. The molecule has 2 heterocycles. The Hall–Kier alpha value is -1.43. The normalized spacial score (nSPS) is 17.1. The number of nitrogens with zero attached hydrogens (tertiary/aromatic N) is 2. The Morgan fingerprint density at radius 2 is 2.00 bits per heavy atom. The second-order valence-electron chi connectivity index (χ2n) is 6.14. The molecule has 0 atom stereocenters. The van der Waals surface area contributed by atoms with Crippen LogP contribution < -0.4 is 5.32 Å². The second-order valence-corrected chi connectivity index (χ2v) is 7.04. The lowest BCUT2D eigenvalue weighted by molar-refractivity contribution is -0.142.